The molecule has 3 aromatic carbocycles. The van der Waals surface area contributed by atoms with Crippen LogP contribution in [-0.2, 0) is 0 Å². The molecule has 0 fully saturated rings. The number of nitrogens with zero attached hydrogens (tertiary/aromatic N) is 2. The predicted octanol–water partition coefficient (Wildman–Crippen LogP) is 7.15. The van der Waals surface area contributed by atoms with E-state index in [9.17, 15) is 0 Å². The van der Waals surface area contributed by atoms with Crippen molar-refractivity contribution >= 4 is 39.8 Å². The maximum absolute atomic E-state index is 16.1. The van der Waals surface area contributed by atoms with E-state index in [1.54, 1.807) is 13.8 Å². The Labute approximate surface area is 192 Å². The van der Waals surface area contributed by atoms with Crippen molar-refractivity contribution in [3.8, 4) is 0 Å². The number of allylic oxidation sites excluding steroid dienone is 2. The molecule has 164 valence electrons. The van der Waals surface area contributed by atoms with E-state index in [-0.39, 0.29) is 0 Å². The molecule has 2 aliphatic rings. The molecule has 6 rings (SSSR count). The second kappa shape index (κ2) is 6.54. The van der Waals surface area contributed by atoms with E-state index in [2.05, 4.69) is 31.2 Å². The van der Waals surface area contributed by atoms with Crippen molar-refractivity contribution in [3.63, 3.8) is 0 Å². The molecule has 33 heavy (non-hydrogen) atoms. The standard InChI is InChI=1S/C28H25BF2N2/c1-16-14-18(3)32-27(16)26(28-17(2)15-19(4)33(28)29(32,30)31)25-23-12-8-6-10-21(23)20(5)22-11-7-9-13-24(22)25/h6-15H,1-5H3. The van der Waals surface area contributed by atoms with Gasteiger partial charge in [-0.1, -0.05) is 48.5 Å². The number of fused-ring (bicyclic) bond motifs is 4. The molecule has 0 saturated carbocycles. The Kier molecular flexibility index (Phi) is 3.99. The first-order valence-corrected chi connectivity index (χ1v) is 11.4. The number of hydrogen-bond donors (Lipinski definition) is 0. The molecule has 0 unspecified atom stereocenters. The third-order valence-corrected chi connectivity index (χ3v) is 7.39. The fourth-order valence-corrected chi connectivity index (χ4v) is 6.15. The molecular formula is C28H25BF2N2. The molecule has 0 aliphatic carbocycles. The summed E-state index contributed by atoms with van der Waals surface area (Å²) in [4.78, 5) is 0. The molecule has 5 heteroatoms. The first-order chi connectivity index (χ1) is 15.7. The average molecular weight is 438 g/mol. The summed E-state index contributed by atoms with van der Waals surface area (Å²) in [6.45, 7) is 5.62. The van der Waals surface area contributed by atoms with Crippen LogP contribution in [0.25, 0.3) is 27.1 Å². The summed E-state index contributed by atoms with van der Waals surface area (Å²) in [5.74, 6) is 0. The van der Waals surface area contributed by atoms with Gasteiger partial charge >= 0.3 is 6.97 Å². The molecule has 1 aromatic heterocycles. The lowest BCUT2D eigenvalue weighted by atomic mass is 9.80. The van der Waals surface area contributed by atoms with Crippen molar-refractivity contribution in [2.24, 2.45) is 0 Å². The highest BCUT2D eigenvalue weighted by molar-refractivity contribution is 6.58. The molecule has 3 heterocycles. The second-order valence-corrected chi connectivity index (χ2v) is 9.43. The largest absolute Gasteiger partial charge is 0.737 e. The fraction of sp³-hybridized carbons (Fsp3) is 0.179. The van der Waals surface area contributed by atoms with Gasteiger partial charge in [0.15, 0.2) is 5.70 Å². The van der Waals surface area contributed by atoms with Gasteiger partial charge < -0.3 is 17.6 Å². The summed E-state index contributed by atoms with van der Waals surface area (Å²) in [6, 6.07) is 18.6. The van der Waals surface area contributed by atoms with E-state index in [1.807, 2.05) is 50.3 Å². The Balaban J connectivity index is 1.92. The van der Waals surface area contributed by atoms with Gasteiger partial charge in [0.2, 0.25) is 0 Å². The minimum atomic E-state index is -3.99. The van der Waals surface area contributed by atoms with E-state index in [4.69, 9.17) is 0 Å². The number of hydrogen-bond acceptors (Lipinski definition) is 0. The van der Waals surface area contributed by atoms with Gasteiger partial charge in [0.25, 0.3) is 0 Å². The molecule has 0 bridgehead atoms. The van der Waals surface area contributed by atoms with Crippen LogP contribution >= 0.6 is 0 Å². The number of halogens is 2. The van der Waals surface area contributed by atoms with Gasteiger partial charge in [-0.25, -0.2) is 0 Å². The number of rotatable bonds is 1. The average Bonchev–Trinajstić information content (AvgIpc) is 3.26. The summed E-state index contributed by atoms with van der Waals surface area (Å²) < 4.78 is 34.8. The van der Waals surface area contributed by atoms with Crippen LogP contribution in [0.15, 0.2) is 71.9 Å². The highest BCUT2D eigenvalue weighted by Gasteiger charge is 2.55. The third-order valence-electron chi connectivity index (χ3n) is 7.39. The maximum atomic E-state index is 16.1. The van der Waals surface area contributed by atoms with E-state index >= 15 is 8.63 Å². The highest BCUT2D eigenvalue weighted by Crippen LogP contribution is 2.48. The Bertz CT molecular complexity index is 1580. The van der Waals surface area contributed by atoms with Crippen molar-refractivity contribution in [1.82, 2.24) is 4.48 Å². The molecule has 0 N–H and O–H groups in total. The third kappa shape index (κ3) is 2.45. The fourth-order valence-electron chi connectivity index (χ4n) is 6.15. The Morgan fingerprint density at radius 1 is 0.788 bits per heavy atom. The minimum absolute atomic E-state index is 0.585. The molecule has 0 atom stereocenters. The molecule has 2 aliphatic heterocycles. The van der Waals surface area contributed by atoms with Gasteiger partial charge in [-0.15, -0.1) is 0 Å². The Hall–Kier alpha value is -3.47. The van der Waals surface area contributed by atoms with Crippen molar-refractivity contribution in [1.29, 1.82) is 0 Å². The summed E-state index contributed by atoms with van der Waals surface area (Å²) in [6.07, 6.45) is 1.89. The van der Waals surface area contributed by atoms with Crippen LogP contribution < -0.4 is 0 Å². The molecule has 0 radical (unpaired) electrons. The topological polar surface area (TPSA) is 7.94 Å². The first-order valence-electron chi connectivity index (χ1n) is 11.4. The van der Waals surface area contributed by atoms with Crippen molar-refractivity contribution in [2.45, 2.75) is 34.6 Å². The van der Waals surface area contributed by atoms with E-state index in [1.165, 1.54) is 14.5 Å². The monoisotopic (exact) mass is 438 g/mol. The molecule has 4 aromatic rings. The van der Waals surface area contributed by atoms with E-state index in [0.717, 1.165) is 43.8 Å². The van der Waals surface area contributed by atoms with Crippen LogP contribution in [0.1, 0.15) is 41.9 Å². The van der Waals surface area contributed by atoms with Crippen LogP contribution in [0.3, 0.4) is 0 Å². The normalized spacial score (nSPS) is 17.1. The zero-order valence-electron chi connectivity index (χ0n) is 19.5. The SMILES string of the molecule is CC1=CC(C)=[N+]2C1=C(c1c3ccccc3c(C)c3ccccc13)c1c(C)cc(C)n1[B-]2(F)F. The zero-order valence-corrected chi connectivity index (χ0v) is 19.5. The van der Waals surface area contributed by atoms with Gasteiger partial charge in [0.05, 0.1) is 5.57 Å². The maximum Gasteiger partial charge on any atom is 0.737 e. The van der Waals surface area contributed by atoms with Crippen LogP contribution in [0.5, 0.6) is 0 Å². The van der Waals surface area contributed by atoms with Crippen LogP contribution in [0.2, 0.25) is 0 Å². The molecular weight excluding hydrogens is 413 g/mol. The number of aromatic nitrogens is 1. The van der Waals surface area contributed by atoms with Crippen LogP contribution in [0, 0.1) is 20.8 Å². The van der Waals surface area contributed by atoms with Gasteiger partial charge in [0, 0.05) is 29.8 Å². The summed E-state index contributed by atoms with van der Waals surface area (Å²) in [5, 5.41) is 4.50. The lowest BCUT2D eigenvalue weighted by molar-refractivity contribution is -0.363. The summed E-state index contributed by atoms with van der Waals surface area (Å²) >= 11 is 0. The highest BCUT2D eigenvalue weighted by atomic mass is 19.2. The lowest BCUT2D eigenvalue weighted by Gasteiger charge is -2.34. The first kappa shape index (κ1) is 20.2. The summed E-state index contributed by atoms with van der Waals surface area (Å²) in [5.41, 5.74) is 7.32. The van der Waals surface area contributed by atoms with Crippen LogP contribution in [0.4, 0.5) is 8.63 Å². The Morgan fingerprint density at radius 3 is 1.91 bits per heavy atom. The number of benzene rings is 3. The van der Waals surface area contributed by atoms with Crippen molar-refractivity contribution in [2.75, 3.05) is 0 Å². The quantitative estimate of drug-likeness (QED) is 0.220. The smallest absolute Gasteiger partial charge is 0.393 e. The zero-order chi connectivity index (χ0) is 23.2. The predicted molar refractivity (Wildman–Crippen MR) is 134 cm³/mol. The van der Waals surface area contributed by atoms with Crippen molar-refractivity contribution in [3.05, 3.63) is 100 Å². The van der Waals surface area contributed by atoms with Crippen LogP contribution in [-0.4, -0.2) is 21.6 Å². The lowest BCUT2D eigenvalue weighted by Crippen LogP contribution is -2.51. The molecule has 2 nitrogen and oxygen atoms in total. The Morgan fingerprint density at radius 2 is 1.33 bits per heavy atom. The minimum Gasteiger partial charge on any atom is -0.393 e. The van der Waals surface area contributed by atoms with E-state index < -0.39 is 6.97 Å². The van der Waals surface area contributed by atoms with Crippen molar-refractivity contribution < 1.29 is 13.1 Å². The second-order valence-electron chi connectivity index (χ2n) is 9.43. The number of aryl methyl sites for hydroxylation is 3. The molecule has 0 saturated heterocycles. The summed E-state index contributed by atoms with van der Waals surface area (Å²) in [7, 11) is 0. The molecule has 0 spiro atoms. The van der Waals surface area contributed by atoms with Gasteiger partial charge in [-0.05, 0) is 72.1 Å². The molecule has 0 amide bonds. The van der Waals surface area contributed by atoms with E-state index in [0.29, 0.717) is 22.8 Å². The van der Waals surface area contributed by atoms with Gasteiger partial charge in [-0.3, -0.25) is 0 Å². The van der Waals surface area contributed by atoms with Gasteiger partial charge in [0.1, 0.15) is 5.71 Å². The van der Waals surface area contributed by atoms with Gasteiger partial charge in [-0.2, -0.15) is 0 Å².